The van der Waals surface area contributed by atoms with Gasteiger partial charge in [0.25, 0.3) is 0 Å². The lowest BCUT2D eigenvalue weighted by molar-refractivity contribution is -0.129. The van der Waals surface area contributed by atoms with Crippen LogP contribution in [0.15, 0.2) is 77.4 Å². The van der Waals surface area contributed by atoms with E-state index in [9.17, 15) is 13.6 Å². The van der Waals surface area contributed by atoms with Crippen LogP contribution >= 0.6 is 11.6 Å². The molecule has 0 saturated carbocycles. The molecule has 0 N–H and O–H groups in total. The average Bonchev–Trinajstić information content (AvgIpc) is 3.10. The Morgan fingerprint density at radius 1 is 1.00 bits per heavy atom. The fraction of sp³-hybridized carbons (Fsp3) is 0.0435. The molecule has 7 heteroatoms. The van der Waals surface area contributed by atoms with Gasteiger partial charge in [-0.25, -0.2) is 18.6 Å². The van der Waals surface area contributed by atoms with Crippen LogP contribution in [-0.4, -0.2) is 11.9 Å². The van der Waals surface area contributed by atoms with E-state index in [-0.39, 0.29) is 22.2 Å². The molecule has 0 amide bonds. The predicted molar refractivity (Wildman–Crippen MR) is 109 cm³/mol. The third-order valence-electron chi connectivity index (χ3n) is 4.27. The Morgan fingerprint density at radius 2 is 1.77 bits per heavy atom. The number of ether oxygens (including phenoxy) is 2. The van der Waals surface area contributed by atoms with Crippen LogP contribution < -0.4 is 4.74 Å². The topological polar surface area (TPSA) is 47.9 Å². The predicted octanol–water partition coefficient (Wildman–Crippen LogP) is 5.54. The molecule has 0 unspecified atom stereocenters. The zero-order chi connectivity index (χ0) is 21.1. The number of rotatable bonds is 5. The van der Waals surface area contributed by atoms with Gasteiger partial charge in [0.15, 0.2) is 17.3 Å². The molecular formula is C23H14ClF2NO3. The summed E-state index contributed by atoms with van der Waals surface area (Å²) in [5, 5.41) is -0.113. The van der Waals surface area contributed by atoms with Crippen LogP contribution in [0.3, 0.4) is 0 Å². The maximum Gasteiger partial charge on any atom is 0.363 e. The van der Waals surface area contributed by atoms with Gasteiger partial charge in [0, 0.05) is 0 Å². The van der Waals surface area contributed by atoms with Crippen LogP contribution in [0.2, 0.25) is 5.02 Å². The summed E-state index contributed by atoms with van der Waals surface area (Å²) in [6.45, 7) is 0.403. The monoisotopic (exact) mass is 425 g/mol. The number of benzene rings is 3. The molecule has 0 spiro atoms. The lowest BCUT2D eigenvalue weighted by Gasteiger charge is -2.07. The Labute approximate surface area is 176 Å². The molecule has 1 aliphatic rings. The van der Waals surface area contributed by atoms with E-state index in [1.165, 1.54) is 6.08 Å². The Bertz CT molecular complexity index is 1180. The lowest BCUT2D eigenvalue weighted by Crippen LogP contribution is -2.07. The van der Waals surface area contributed by atoms with Gasteiger partial charge >= 0.3 is 5.97 Å². The van der Waals surface area contributed by atoms with Crippen LogP contribution in [0.25, 0.3) is 6.08 Å². The van der Waals surface area contributed by atoms with Crippen LogP contribution in [0.1, 0.15) is 16.7 Å². The molecule has 0 aromatic heterocycles. The molecule has 3 aromatic rings. The molecule has 1 heterocycles. The van der Waals surface area contributed by atoms with Gasteiger partial charge in [-0.15, -0.1) is 0 Å². The lowest BCUT2D eigenvalue weighted by atomic mass is 10.2. The summed E-state index contributed by atoms with van der Waals surface area (Å²) in [6.07, 6.45) is 1.51. The summed E-state index contributed by atoms with van der Waals surface area (Å²) in [6, 6.07) is 18.5. The Hall–Kier alpha value is -3.51. The molecule has 0 aliphatic carbocycles. The van der Waals surface area contributed by atoms with Crippen LogP contribution in [0.4, 0.5) is 8.78 Å². The number of carbonyl (C=O) groups excluding carboxylic acids is 1. The summed E-state index contributed by atoms with van der Waals surface area (Å²) in [5.41, 5.74) is 1.69. The van der Waals surface area contributed by atoms with E-state index in [1.807, 2.05) is 30.3 Å². The highest BCUT2D eigenvalue weighted by Crippen LogP contribution is 2.26. The molecule has 4 rings (SSSR count). The molecule has 3 aromatic carbocycles. The molecule has 0 bridgehead atoms. The van der Waals surface area contributed by atoms with E-state index in [0.29, 0.717) is 17.9 Å². The third kappa shape index (κ3) is 4.39. The fourth-order valence-electron chi connectivity index (χ4n) is 2.80. The third-order valence-corrected chi connectivity index (χ3v) is 4.58. The smallest absolute Gasteiger partial charge is 0.363 e. The van der Waals surface area contributed by atoms with Gasteiger partial charge in [-0.2, -0.15) is 0 Å². The molecule has 30 heavy (non-hydrogen) atoms. The van der Waals surface area contributed by atoms with Gasteiger partial charge in [0.1, 0.15) is 12.4 Å². The van der Waals surface area contributed by atoms with Crippen LogP contribution in [-0.2, 0) is 16.1 Å². The van der Waals surface area contributed by atoms with Crippen molar-refractivity contribution in [3.05, 3.63) is 106 Å². The molecular weight excluding hydrogens is 412 g/mol. The van der Waals surface area contributed by atoms with Crippen molar-refractivity contribution >= 4 is 29.5 Å². The first-order valence-electron chi connectivity index (χ1n) is 8.94. The number of esters is 1. The van der Waals surface area contributed by atoms with Crippen molar-refractivity contribution in [2.75, 3.05) is 0 Å². The minimum absolute atomic E-state index is 0.00556. The zero-order valence-electron chi connectivity index (χ0n) is 15.4. The van der Waals surface area contributed by atoms with Crippen molar-refractivity contribution in [3.8, 4) is 5.75 Å². The average molecular weight is 426 g/mol. The minimum Gasteiger partial charge on any atom is -0.489 e. The Morgan fingerprint density at radius 3 is 2.57 bits per heavy atom. The fourth-order valence-corrected chi connectivity index (χ4v) is 3.03. The SMILES string of the molecule is O=C1OC(c2cc(F)c(F)cc2Cl)=NC1=Cc1cccc(OCc2ccccc2)c1. The standard InChI is InChI=1S/C23H14ClF2NO3/c24-18-12-20(26)19(25)11-17(18)22-27-21(23(28)30-22)10-15-7-4-8-16(9-15)29-13-14-5-2-1-3-6-14/h1-12H,13H2. The Kier molecular flexibility index (Phi) is 5.59. The second-order valence-corrected chi connectivity index (χ2v) is 6.84. The summed E-state index contributed by atoms with van der Waals surface area (Å²) >= 11 is 5.93. The molecule has 0 saturated heterocycles. The number of hydrogen-bond donors (Lipinski definition) is 0. The normalized spacial score (nSPS) is 14.6. The molecule has 4 nitrogen and oxygen atoms in total. The number of hydrogen-bond acceptors (Lipinski definition) is 4. The number of carbonyl (C=O) groups is 1. The van der Waals surface area contributed by atoms with E-state index >= 15 is 0 Å². The first kappa shape index (κ1) is 19.8. The number of nitrogens with zero attached hydrogens (tertiary/aromatic N) is 1. The molecule has 150 valence electrons. The second-order valence-electron chi connectivity index (χ2n) is 6.43. The van der Waals surface area contributed by atoms with E-state index in [1.54, 1.807) is 24.3 Å². The largest absolute Gasteiger partial charge is 0.489 e. The van der Waals surface area contributed by atoms with Gasteiger partial charge in [0.2, 0.25) is 5.90 Å². The van der Waals surface area contributed by atoms with Gasteiger partial charge in [-0.3, -0.25) is 0 Å². The molecule has 0 fully saturated rings. The highest BCUT2D eigenvalue weighted by Gasteiger charge is 2.26. The van der Waals surface area contributed by atoms with Crippen molar-refractivity contribution in [2.45, 2.75) is 6.61 Å². The van der Waals surface area contributed by atoms with E-state index in [0.717, 1.165) is 17.7 Å². The quantitative estimate of drug-likeness (QED) is 0.306. The van der Waals surface area contributed by atoms with Crippen molar-refractivity contribution < 1.29 is 23.0 Å². The molecule has 0 radical (unpaired) electrons. The molecule has 1 aliphatic heterocycles. The van der Waals surface area contributed by atoms with Crippen LogP contribution in [0, 0.1) is 11.6 Å². The summed E-state index contributed by atoms with van der Waals surface area (Å²) in [7, 11) is 0. The second kappa shape index (κ2) is 8.47. The highest BCUT2D eigenvalue weighted by molar-refractivity contribution is 6.34. The number of halogens is 3. The van der Waals surface area contributed by atoms with Gasteiger partial charge in [0.05, 0.1) is 10.6 Å². The van der Waals surface area contributed by atoms with Crippen molar-refractivity contribution in [1.29, 1.82) is 0 Å². The number of aliphatic imine (C=N–C) groups is 1. The first-order chi connectivity index (χ1) is 14.5. The van der Waals surface area contributed by atoms with Gasteiger partial charge < -0.3 is 9.47 Å². The minimum atomic E-state index is -1.12. The van der Waals surface area contributed by atoms with E-state index in [2.05, 4.69) is 4.99 Å². The maximum atomic E-state index is 13.5. The first-order valence-corrected chi connectivity index (χ1v) is 9.31. The van der Waals surface area contributed by atoms with Crippen molar-refractivity contribution in [2.24, 2.45) is 4.99 Å². The molecule has 0 atom stereocenters. The van der Waals surface area contributed by atoms with Crippen molar-refractivity contribution in [1.82, 2.24) is 0 Å². The van der Waals surface area contributed by atoms with E-state index in [4.69, 9.17) is 21.1 Å². The highest BCUT2D eigenvalue weighted by atomic mass is 35.5. The van der Waals surface area contributed by atoms with Crippen molar-refractivity contribution in [3.63, 3.8) is 0 Å². The van der Waals surface area contributed by atoms with Gasteiger partial charge in [-0.05, 0) is 41.5 Å². The zero-order valence-corrected chi connectivity index (χ0v) is 16.2. The Balaban J connectivity index is 1.56. The van der Waals surface area contributed by atoms with Gasteiger partial charge in [-0.1, -0.05) is 54.1 Å². The maximum absolute atomic E-state index is 13.5. The number of cyclic esters (lactones) is 1. The summed E-state index contributed by atoms with van der Waals surface area (Å²) < 4.78 is 37.7. The summed E-state index contributed by atoms with van der Waals surface area (Å²) in [4.78, 5) is 16.3. The summed E-state index contributed by atoms with van der Waals surface area (Å²) in [5.74, 6) is -2.51. The van der Waals surface area contributed by atoms with Crippen LogP contribution in [0.5, 0.6) is 5.75 Å². The van der Waals surface area contributed by atoms with E-state index < -0.39 is 17.6 Å².